The molecular formula is C21H19F3N2O4S2. The average Bonchev–Trinajstić information content (AvgIpc) is 3.29. The molecule has 1 heterocycles. The summed E-state index contributed by atoms with van der Waals surface area (Å²) in [5, 5.41) is 4.08. The van der Waals surface area contributed by atoms with Crippen molar-refractivity contribution in [3.05, 3.63) is 71.6 Å². The third-order valence-electron chi connectivity index (χ3n) is 4.24. The van der Waals surface area contributed by atoms with E-state index >= 15 is 0 Å². The molecule has 0 aliphatic carbocycles. The molecule has 1 amide bonds. The van der Waals surface area contributed by atoms with Gasteiger partial charge in [-0.05, 0) is 60.8 Å². The first kappa shape index (κ1) is 23.6. The maximum absolute atomic E-state index is 13.2. The highest BCUT2D eigenvalue weighted by atomic mass is 32.2. The summed E-state index contributed by atoms with van der Waals surface area (Å²) < 4.78 is 71.7. The molecule has 1 N–H and O–H groups in total. The Labute approximate surface area is 187 Å². The van der Waals surface area contributed by atoms with E-state index in [1.165, 1.54) is 23.6 Å². The summed E-state index contributed by atoms with van der Waals surface area (Å²) >= 11 is 0.902. The molecule has 0 bridgehead atoms. The number of rotatable bonds is 8. The van der Waals surface area contributed by atoms with Gasteiger partial charge in [0.1, 0.15) is 16.5 Å². The fraction of sp³-hybridized carbons (Fsp3) is 0.190. The van der Waals surface area contributed by atoms with Crippen molar-refractivity contribution in [1.29, 1.82) is 0 Å². The highest BCUT2D eigenvalue weighted by Gasteiger charge is 2.33. The zero-order chi connectivity index (χ0) is 23.4. The van der Waals surface area contributed by atoms with E-state index in [2.05, 4.69) is 5.32 Å². The van der Waals surface area contributed by atoms with Gasteiger partial charge >= 0.3 is 6.18 Å². The van der Waals surface area contributed by atoms with E-state index in [4.69, 9.17) is 4.74 Å². The van der Waals surface area contributed by atoms with Gasteiger partial charge in [-0.1, -0.05) is 12.1 Å². The second-order valence-electron chi connectivity index (χ2n) is 6.50. The van der Waals surface area contributed by atoms with Crippen molar-refractivity contribution in [3.63, 3.8) is 0 Å². The molecule has 2 aromatic carbocycles. The number of nitrogens with zero attached hydrogens (tertiary/aromatic N) is 1. The molecular weight excluding hydrogens is 465 g/mol. The topological polar surface area (TPSA) is 75.7 Å². The number of thiophene rings is 1. The molecule has 11 heteroatoms. The van der Waals surface area contributed by atoms with Crippen molar-refractivity contribution >= 4 is 38.6 Å². The molecule has 32 heavy (non-hydrogen) atoms. The number of hydrogen-bond acceptors (Lipinski definition) is 5. The maximum atomic E-state index is 13.2. The van der Waals surface area contributed by atoms with E-state index in [0.29, 0.717) is 28.4 Å². The van der Waals surface area contributed by atoms with Gasteiger partial charge < -0.3 is 10.1 Å². The van der Waals surface area contributed by atoms with Crippen molar-refractivity contribution in [2.45, 2.75) is 17.3 Å². The summed E-state index contributed by atoms with van der Waals surface area (Å²) in [5.41, 5.74) is -0.903. The third-order valence-corrected chi connectivity index (χ3v) is 7.38. The Morgan fingerprint density at radius 3 is 2.41 bits per heavy atom. The first-order valence-electron chi connectivity index (χ1n) is 9.37. The SMILES string of the molecule is CCOc1ccc(NC(=O)CN(c2cccc(C(F)(F)F)c2)S(=O)(=O)c2cccs2)cc1. The predicted molar refractivity (Wildman–Crippen MR) is 117 cm³/mol. The molecule has 6 nitrogen and oxygen atoms in total. The van der Waals surface area contributed by atoms with Gasteiger partial charge in [0, 0.05) is 5.69 Å². The Hall–Kier alpha value is -3.05. The quantitative estimate of drug-likeness (QED) is 0.488. The monoisotopic (exact) mass is 484 g/mol. The largest absolute Gasteiger partial charge is 0.494 e. The van der Waals surface area contributed by atoms with Crippen LogP contribution in [0.5, 0.6) is 5.75 Å². The van der Waals surface area contributed by atoms with Gasteiger partial charge in [-0.3, -0.25) is 9.10 Å². The number of nitrogens with one attached hydrogen (secondary N) is 1. The average molecular weight is 485 g/mol. The van der Waals surface area contributed by atoms with Crippen LogP contribution in [-0.2, 0) is 21.0 Å². The minimum atomic E-state index is -4.67. The van der Waals surface area contributed by atoms with Crippen LogP contribution in [0.1, 0.15) is 12.5 Å². The van der Waals surface area contributed by atoms with Crippen LogP contribution in [0, 0.1) is 0 Å². The highest BCUT2D eigenvalue weighted by molar-refractivity contribution is 7.94. The van der Waals surface area contributed by atoms with Crippen LogP contribution in [0.2, 0.25) is 0 Å². The number of ether oxygens (including phenoxy) is 1. The Kier molecular flexibility index (Phi) is 7.09. The molecule has 3 aromatic rings. The van der Waals surface area contributed by atoms with Crippen molar-refractivity contribution in [2.24, 2.45) is 0 Å². The molecule has 0 unspecified atom stereocenters. The minimum absolute atomic E-state index is 0.0937. The van der Waals surface area contributed by atoms with Crippen molar-refractivity contribution < 1.29 is 31.1 Å². The lowest BCUT2D eigenvalue weighted by Crippen LogP contribution is -2.38. The fourth-order valence-corrected chi connectivity index (χ4v) is 5.32. The molecule has 0 saturated heterocycles. The van der Waals surface area contributed by atoms with Crippen LogP contribution in [0.15, 0.2) is 70.3 Å². The Morgan fingerprint density at radius 1 is 1.09 bits per heavy atom. The summed E-state index contributed by atoms with van der Waals surface area (Å²) in [6, 6.07) is 13.1. The number of hydrogen-bond donors (Lipinski definition) is 1. The second kappa shape index (κ2) is 9.61. The lowest BCUT2D eigenvalue weighted by molar-refractivity contribution is -0.137. The number of alkyl halides is 3. The minimum Gasteiger partial charge on any atom is -0.494 e. The van der Waals surface area contributed by atoms with E-state index in [9.17, 15) is 26.4 Å². The van der Waals surface area contributed by atoms with E-state index in [1.54, 1.807) is 24.3 Å². The van der Waals surface area contributed by atoms with Gasteiger partial charge in [-0.25, -0.2) is 8.42 Å². The molecule has 170 valence electrons. The number of halogens is 3. The standard InChI is InChI=1S/C21H19F3N2O4S2/c1-2-30-18-10-8-16(9-11-18)25-19(27)14-26(32(28,29)20-7-4-12-31-20)17-6-3-5-15(13-17)21(22,23)24/h3-13H,2,14H2,1H3,(H,25,27). The van der Waals surface area contributed by atoms with Gasteiger partial charge in [-0.2, -0.15) is 13.2 Å². The zero-order valence-electron chi connectivity index (χ0n) is 16.8. The molecule has 0 spiro atoms. The smallest absolute Gasteiger partial charge is 0.416 e. The summed E-state index contributed by atoms with van der Waals surface area (Å²) in [5.74, 6) is -0.122. The molecule has 0 radical (unpaired) electrons. The summed E-state index contributed by atoms with van der Waals surface area (Å²) in [6.45, 7) is 1.58. The maximum Gasteiger partial charge on any atom is 0.416 e. The van der Waals surface area contributed by atoms with Crippen LogP contribution in [0.25, 0.3) is 0 Å². The van der Waals surface area contributed by atoms with E-state index in [-0.39, 0.29) is 9.90 Å². The number of benzene rings is 2. The third kappa shape index (κ3) is 5.60. The second-order valence-corrected chi connectivity index (χ2v) is 9.53. The molecule has 1 aromatic heterocycles. The van der Waals surface area contributed by atoms with E-state index < -0.39 is 34.2 Å². The number of amides is 1. The number of sulfonamides is 1. The molecule has 0 saturated carbocycles. The predicted octanol–water partition coefficient (Wildman–Crippen LogP) is 5.00. The van der Waals surface area contributed by atoms with Gasteiger partial charge in [0.05, 0.1) is 17.9 Å². The summed E-state index contributed by atoms with van der Waals surface area (Å²) in [7, 11) is -4.27. The number of carbonyl (C=O) groups is 1. The van der Waals surface area contributed by atoms with Gasteiger partial charge in [0.15, 0.2) is 0 Å². The van der Waals surface area contributed by atoms with E-state index in [1.807, 2.05) is 6.92 Å². The van der Waals surface area contributed by atoms with Crippen molar-refractivity contribution in [2.75, 3.05) is 22.8 Å². The van der Waals surface area contributed by atoms with Crippen LogP contribution in [0.3, 0.4) is 0 Å². The van der Waals surface area contributed by atoms with Gasteiger partial charge in [0.2, 0.25) is 5.91 Å². The summed E-state index contributed by atoms with van der Waals surface area (Å²) in [6.07, 6.45) is -4.67. The van der Waals surface area contributed by atoms with Crippen LogP contribution < -0.4 is 14.4 Å². The molecule has 3 rings (SSSR count). The molecule has 0 aliphatic heterocycles. The van der Waals surface area contributed by atoms with Crippen LogP contribution in [-0.4, -0.2) is 27.5 Å². The summed E-state index contributed by atoms with van der Waals surface area (Å²) in [4.78, 5) is 12.6. The highest BCUT2D eigenvalue weighted by Crippen LogP contribution is 2.33. The molecule has 0 fully saturated rings. The lowest BCUT2D eigenvalue weighted by Gasteiger charge is -2.24. The van der Waals surface area contributed by atoms with Crippen molar-refractivity contribution in [1.82, 2.24) is 0 Å². The number of carbonyl (C=O) groups excluding carboxylic acids is 1. The first-order valence-corrected chi connectivity index (χ1v) is 11.7. The zero-order valence-corrected chi connectivity index (χ0v) is 18.4. The normalized spacial score (nSPS) is 11.8. The first-order chi connectivity index (χ1) is 15.1. The number of anilines is 2. The Balaban J connectivity index is 1.90. The molecule has 0 atom stereocenters. The van der Waals surface area contributed by atoms with Crippen LogP contribution >= 0.6 is 11.3 Å². The molecule has 0 aliphatic rings. The Morgan fingerprint density at radius 2 is 1.81 bits per heavy atom. The van der Waals surface area contributed by atoms with Crippen molar-refractivity contribution in [3.8, 4) is 5.75 Å². The fourth-order valence-electron chi connectivity index (χ4n) is 2.80. The van der Waals surface area contributed by atoms with Gasteiger partial charge in [0.25, 0.3) is 10.0 Å². The van der Waals surface area contributed by atoms with Gasteiger partial charge in [-0.15, -0.1) is 11.3 Å². The van der Waals surface area contributed by atoms with E-state index in [0.717, 1.165) is 23.5 Å². The lowest BCUT2D eigenvalue weighted by atomic mass is 10.2. The van der Waals surface area contributed by atoms with Crippen LogP contribution in [0.4, 0.5) is 24.5 Å². The Bertz CT molecular complexity index is 1160.